The highest BCUT2D eigenvalue weighted by Gasteiger charge is 2.36. The minimum Gasteiger partial charge on any atom is -0.491 e. The van der Waals surface area contributed by atoms with Crippen LogP contribution in [0, 0.1) is 23.5 Å². The molecule has 0 radical (unpaired) electrons. The molecule has 0 N–H and O–H groups in total. The summed E-state index contributed by atoms with van der Waals surface area (Å²) < 4.78 is 66.8. The highest BCUT2D eigenvalue weighted by molar-refractivity contribution is 5.36. The van der Waals surface area contributed by atoms with Crippen LogP contribution in [-0.2, 0) is 12.5 Å². The van der Waals surface area contributed by atoms with Gasteiger partial charge < -0.3 is 9.47 Å². The van der Waals surface area contributed by atoms with E-state index < -0.39 is 29.1 Å². The number of allylic oxidation sites excluding steroid dienone is 3. The number of halogens is 4. The van der Waals surface area contributed by atoms with Gasteiger partial charge in [0.2, 0.25) is 11.6 Å². The van der Waals surface area contributed by atoms with Crippen LogP contribution < -0.4 is 9.47 Å². The molecule has 0 aliphatic heterocycles. The summed E-state index contributed by atoms with van der Waals surface area (Å²) >= 11 is 0. The first-order valence-electron chi connectivity index (χ1n) is 12.4. The quantitative estimate of drug-likeness (QED) is 0.219. The molecular formula is C29H34F4O2. The van der Waals surface area contributed by atoms with Crippen LogP contribution in [0.4, 0.5) is 17.6 Å². The number of hydrogen-bond donors (Lipinski definition) is 0. The summed E-state index contributed by atoms with van der Waals surface area (Å²) in [7, 11) is 0. The van der Waals surface area contributed by atoms with E-state index in [0.717, 1.165) is 42.9 Å². The van der Waals surface area contributed by atoms with Crippen molar-refractivity contribution in [2.24, 2.45) is 11.8 Å². The van der Waals surface area contributed by atoms with Crippen LogP contribution >= 0.6 is 0 Å². The summed E-state index contributed by atoms with van der Waals surface area (Å²) in [5.74, 6) is -2.65. The zero-order valence-electron chi connectivity index (χ0n) is 20.3. The van der Waals surface area contributed by atoms with Crippen molar-refractivity contribution in [1.29, 1.82) is 0 Å². The van der Waals surface area contributed by atoms with Crippen molar-refractivity contribution in [3.05, 3.63) is 84.0 Å². The standard InChI is InChI=1S/C29H34F4O2/c1-3-5-8-21-11-13-22(14-12-21)9-6-7-10-23-15-17-24(18-16-23)29(32,33)35-26-20-19-25(34-4-2)27(30)28(26)31/h3,6,9,15-22H,1,4-5,7-8,10-14H2,2H3/b9-6+. The van der Waals surface area contributed by atoms with Crippen LogP contribution in [0.5, 0.6) is 11.5 Å². The predicted octanol–water partition coefficient (Wildman–Crippen LogP) is 8.75. The molecule has 0 unspecified atom stereocenters. The highest BCUT2D eigenvalue weighted by Crippen LogP contribution is 2.36. The number of hydrogen-bond acceptors (Lipinski definition) is 2. The number of ether oxygens (including phenoxy) is 2. The number of alkyl halides is 2. The highest BCUT2D eigenvalue weighted by atomic mass is 19.3. The van der Waals surface area contributed by atoms with Gasteiger partial charge in [-0.3, -0.25) is 0 Å². The molecule has 6 heteroatoms. The third-order valence-electron chi connectivity index (χ3n) is 6.52. The average molecular weight is 491 g/mol. The Morgan fingerprint density at radius 3 is 2.26 bits per heavy atom. The van der Waals surface area contributed by atoms with Crippen LogP contribution in [0.3, 0.4) is 0 Å². The van der Waals surface area contributed by atoms with Gasteiger partial charge in [0.15, 0.2) is 11.5 Å². The maximum absolute atomic E-state index is 14.6. The lowest BCUT2D eigenvalue weighted by atomic mass is 9.80. The molecule has 0 amide bonds. The Kier molecular flexibility index (Phi) is 9.82. The van der Waals surface area contributed by atoms with E-state index in [0.29, 0.717) is 5.92 Å². The summed E-state index contributed by atoms with van der Waals surface area (Å²) in [4.78, 5) is 0. The molecule has 1 aliphatic rings. The van der Waals surface area contributed by atoms with Crippen molar-refractivity contribution in [3.63, 3.8) is 0 Å². The van der Waals surface area contributed by atoms with Gasteiger partial charge in [0.05, 0.1) is 12.2 Å². The van der Waals surface area contributed by atoms with Crippen molar-refractivity contribution in [2.75, 3.05) is 6.61 Å². The van der Waals surface area contributed by atoms with E-state index >= 15 is 0 Å². The first kappa shape index (κ1) is 26.8. The van der Waals surface area contributed by atoms with E-state index in [1.165, 1.54) is 44.2 Å². The molecule has 1 aliphatic carbocycles. The van der Waals surface area contributed by atoms with Crippen LogP contribution in [0.15, 0.2) is 61.2 Å². The fraction of sp³-hybridized carbons (Fsp3) is 0.448. The van der Waals surface area contributed by atoms with Gasteiger partial charge in [0.1, 0.15) is 0 Å². The summed E-state index contributed by atoms with van der Waals surface area (Å²) in [6.45, 7) is 5.52. The number of benzene rings is 2. The molecule has 0 bridgehead atoms. The van der Waals surface area contributed by atoms with E-state index in [2.05, 4.69) is 23.5 Å². The van der Waals surface area contributed by atoms with Crippen molar-refractivity contribution in [1.82, 2.24) is 0 Å². The predicted molar refractivity (Wildman–Crippen MR) is 131 cm³/mol. The van der Waals surface area contributed by atoms with Gasteiger partial charge >= 0.3 is 6.11 Å². The van der Waals surface area contributed by atoms with Gasteiger partial charge in [-0.15, -0.1) is 6.58 Å². The van der Waals surface area contributed by atoms with Gasteiger partial charge in [0.25, 0.3) is 0 Å². The Hall–Kier alpha value is -2.76. The van der Waals surface area contributed by atoms with Crippen LogP contribution in [0.25, 0.3) is 0 Å². The van der Waals surface area contributed by atoms with E-state index in [4.69, 9.17) is 4.74 Å². The van der Waals surface area contributed by atoms with Gasteiger partial charge in [0, 0.05) is 0 Å². The molecule has 35 heavy (non-hydrogen) atoms. The van der Waals surface area contributed by atoms with Crippen LogP contribution in [0.1, 0.15) is 63.0 Å². The lowest BCUT2D eigenvalue weighted by Gasteiger charge is -2.26. The van der Waals surface area contributed by atoms with Crippen molar-refractivity contribution < 1.29 is 27.0 Å². The minimum atomic E-state index is -3.82. The normalized spacial score (nSPS) is 18.5. The third-order valence-corrected chi connectivity index (χ3v) is 6.52. The molecule has 1 saturated carbocycles. The maximum atomic E-state index is 14.6. The fourth-order valence-corrected chi connectivity index (χ4v) is 4.48. The van der Waals surface area contributed by atoms with Crippen molar-refractivity contribution in [3.8, 4) is 11.5 Å². The van der Waals surface area contributed by atoms with Crippen LogP contribution in [0.2, 0.25) is 0 Å². The van der Waals surface area contributed by atoms with Gasteiger partial charge in [-0.05, 0) is 100.0 Å². The van der Waals surface area contributed by atoms with E-state index in [1.807, 2.05) is 6.08 Å². The monoisotopic (exact) mass is 490 g/mol. The molecule has 2 aromatic carbocycles. The first-order chi connectivity index (χ1) is 16.8. The second-order valence-electron chi connectivity index (χ2n) is 9.05. The molecule has 3 rings (SSSR count). The second-order valence-corrected chi connectivity index (χ2v) is 9.05. The Labute approximate surface area is 205 Å². The average Bonchev–Trinajstić information content (AvgIpc) is 2.86. The molecule has 2 aromatic rings. The van der Waals surface area contributed by atoms with Crippen molar-refractivity contribution in [2.45, 2.75) is 64.4 Å². The Balaban J connectivity index is 1.50. The SMILES string of the molecule is C=CCCC1CCC(/C=C/CCc2ccc(C(F)(F)Oc3ccc(OCC)c(F)c3F)cc2)CC1. The molecule has 0 spiro atoms. The summed E-state index contributed by atoms with van der Waals surface area (Å²) in [6, 6.07) is 7.74. The van der Waals surface area contributed by atoms with Gasteiger partial charge in [-0.25, -0.2) is 0 Å². The summed E-state index contributed by atoms with van der Waals surface area (Å²) in [5, 5.41) is 0. The fourth-order valence-electron chi connectivity index (χ4n) is 4.48. The molecule has 0 saturated heterocycles. The zero-order chi connectivity index (χ0) is 25.3. The van der Waals surface area contributed by atoms with E-state index in [-0.39, 0.29) is 12.4 Å². The zero-order valence-corrected chi connectivity index (χ0v) is 20.3. The minimum absolute atomic E-state index is 0.117. The smallest absolute Gasteiger partial charge is 0.426 e. The first-order valence-corrected chi connectivity index (χ1v) is 12.4. The lowest BCUT2D eigenvalue weighted by molar-refractivity contribution is -0.187. The summed E-state index contributed by atoms with van der Waals surface area (Å²) in [6.07, 6.45) is 11.6. The lowest BCUT2D eigenvalue weighted by Crippen LogP contribution is -2.22. The number of rotatable bonds is 12. The molecule has 0 aromatic heterocycles. The molecule has 1 fully saturated rings. The van der Waals surface area contributed by atoms with Gasteiger partial charge in [-0.2, -0.15) is 17.6 Å². The van der Waals surface area contributed by atoms with E-state index in [9.17, 15) is 17.6 Å². The molecule has 0 atom stereocenters. The Morgan fingerprint density at radius 1 is 0.943 bits per heavy atom. The molecule has 2 nitrogen and oxygen atoms in total. The Morgan fingerprint density at radius 2 is 1.60 bits per heavy atom. The van der Waals surface area contributed by atoms with Crippen molar-refractivity contribution >= 4 is 0 Å². The largest absolute Gasteiger partial charge is 0.491 e. The Bertz CT molecular complexity index is 977. The third kappa shape index (κ3) is 7.61. The van der Waals surface area contributed by atoms with Crippen LogP contribution in [-0.4, -0.2) is 6.61 Å². The summed E-state index contributed by atoms with van der Waals surface area (Å²) in [5.41, 5.74) is 0.485. The second kappa shape index (κ2) is 12.8. The van der Waals surface area contributed by atoms with E-state index in [1.54, 1.807) is 19.1 Å². The maximum Gasteiger partial charge on any atom is 0.426 e. The van der Waals surface area contributed by atoms with Gasteiger partial charge in [-0.1, -0.05) is 30.4 Å². The molecule has 190 valence electrons. The molecule has 0 heterocycles. The topological polar surface area (TPSA) is 18.5 Å². The number of aryl methyl sites for hydroxylation is 1. The molecular weight excluding hydrogens is 456 g/mol.